The van der Waals surface area contributed by atoms with Crippen LogP contribution in [-0.4, -0.2) is 29.8 Å². The molecule has 1 N–H and O–H groups in total. The molecule has 1 saturated heterocycles. The van der Waals surface area contributed by atoms with Gasteiger partial charge >= 0.3 is 0 Å². The largest absolute Gasteiger partial charge is 0.342 e. The van der Waals surface area contributed by atoms with Crippen molar-refractivity contribution in [1.29, 1.82) is 0 Å². The Hall–Kier alpha value is -2.76. The topological polar surface area (TPSA) is 49.4 Å². The number of rotatable bonds is 7. The van der Waals surface area contributed by atoms with Crippen LogP contribution in [0.3, 0.4) is 0 Å². The number of likely N-dealkylation sites (tertiary alicyclic amines) is 1. The van der Waals surface area contributed by atoms with E-state index in [2.05, 4.69) is 5.32 Å². The lowest BCUT2D eigenvalue weighted by Crippen LogP contribution is -2.40. The number of anilines is 1. The molecule has 2 aromatic rings. The smallest absolute Gasteiger partial charge is 0.224 e. The van der Waals surface area contributed by atoms with Crippen LogP contribution in [0.1, 0.15) is 43.2 Å². The van der Waals surface area contributed by atoms with Gasteiger partial charge in [-0.15, -0.1) is 0 Å². The van der Waals surface area contributed by atoms with Crippen LogP contribution in [0.25, 0.3) is 0 Å². The average Bonchev–Trinajstić information content (AvgIpc) is 2.74. The van der Waals surface area contributed by atoms with Gasteiger partial charge in [-0.3, -0.25) is 9.59 Å². The Morgan fingerprint density at radius 1 is 1.13 bits per heavy atom. The van der Waals surface area contributed by atoms with Crippen molar-refractivity contribution < 1.29 is 18.4 Å². The molecule has 1 fully saturated rings. The Kier molecular flexibility index (Phi) is 7.55. The van der Waals surface area contributed by atoms with Crippen molar-refractivity contribution in [3.8, 4) is 0 Å². The third kappa shape index (κ3) is 6.12. The number of carbonyl (C=O) groups is 2. The van der Waals surface area contributed by atoms with Gasteiger partial charge in [-0.05, 0) is 73.9 Å². The van der Waals surface area contributed by atoms with Crippen molar-refractivity contribution in [1.82, 2.24) is 4.90 Å². The highest BCUT2D eigenvalue weighted by molar-refractivity contribution is 5.91. The van der Waals surface area contributed by atoms with Gasteiger partial charge < -0.3 is 10.2 Å². The minimum Gasteiger partial charge on any atom is -0.342 e. The quantitative estimate of drug-likeness (QED) is 0.703. The van der Waals surface area contributed by atoms with E-state index in [1.807, 2.05) is 4.90 Å². The Bertz CT molecular complexity index is 901. The lowest BCUT2D eigenvalue weighted by Gasteiger charge is -2.33. The molecule has 3 rings (SSSR count). The van der Waals surface area contributed by atoms with E-state index >= 15 is 0 Å². The van der Waals surface area contributed by atoms with E-state index in [0.717, 1.165) is 12.8 Å². The highest BCUT2D eigenvalue weighted by Gasteiger charge is 2.24. The maximum absolute atomic E-state index is 13.7. The predicted molar refractivity (Wildman–Crippen MR) is 113 cm³/mol. The van der Waals surface area contributed by atoms with Crippen molar-refractivity contribution >= 4 is 17.5 Å². The second-order valence-corrected chi connectivity index (χ2v) is 7.99. The maximum atomic E-state index is 13.7. The zero-order chi connectivity index (χ0) is 21.5. The van der Waals surface area contributed by atoms with Gasteiger partial charge in [0, 0.05) is 31.6 Å². The van der Waals surface area contributed by atoms with Crippen molar-refractivity contribution in [3.63, 3.8) is 0 Å². The summed E-state index contributed by atoms with van der Waals surface area (Å²) < 4.78 is 26.9. The van der Waals surface area contributed by atoms with Crippen molar-refractivity contribution in [2.24, 2.45) is 5.92 Å². The Morgan fingerprint density at radius 2 is 1.93 bits per heavy atom. The molecule has 0 aromatic heterocycles. The Balaban J connectivity index is 1.44. The molecular weight excluding hydrogens is 386 g/mol. The van der Waals surface area contributed by atoms with Crippen molar-refractivity contribution in [2.45, 2.75) is 45.4 Å². The predicted octanol–water partition coefficient (Wildman–Crippen LogP) is 4.86. The molecule has 30 heavy (non-hydrogen) atoms. The fourth-order valence-corrected chi connectivity index (χ4v) is 3.94. The van der Waals surface area contributed by atoms with Gasteiger partial charge in [0.25, 0.3) is 0 Å². The molecule has 1 heterocycles. The number of halogens is 2. The number of benzene rings is 2. The summed E-state index contributed by atoms with van der Waals surface area (Å²) in [6.45, 7) is 3.11. The van der Waals surface area contributed by atoms with Crippen LogP contribution in [-0.2, 0) is 16.0 Å². The normalized spacial score (nSPS) is 16.4. The molecule has 6 heteroatoms. The molecule has 4 nitrogen and oxygen atoms in total. The SMILES string of the molecule is Cc1cc(F)ccc1NC(=O)CC[C@H]1CCCN(C(=O)CCc2ccccc2F)C1. The first kappa shape index (κ1) is 21.9. The van der Waals surface area contributed by atoms with Crippen LogP contribution in [0.5, 0.6) is 0 Å². The lowest BCUT2D eigenvalue weighted by atomic mass is 9.93. The van der Waals surface area contributed by atoms with Gasteiger partial charge in [0.1, 0.15) is 11.6 Å². The minimum atomic E-state index is -0.326. The fraction of sp³-hybridized carbons (Fsp3) is 0.417. The summed E-state index contributed by atoms with van der Waals surface area (Å²) >= 11 is 0. The molecule has 160 valence electrons. The van der Waals surface area contributed by atoms with E-state index in [1.54, 1.807) is 31.2 Å². The standard InChI is InChI=1S/C24H28F2N2O2/c1-17-15-20(25)10-11-22(17)27-23(29)12-8-18-5-4-14-28(16-18)24(30)13-9-19-6-2-3-7-21(19)26/h2-3,6-7,10-11,15,18H,4-5,8-9,12-14,16H2,1H3,(H,27,29)/t18-/m1/s1. The monoisotopic (exact) mass is 414 g/mol. The van der Waals surface area contributed by atoms with E-state index in [0.29, 0.717) is 49.2 Å². The average molecular weight is 414 g/mol. The Labute approximate surface area is 176 Å². The molecule has 1 atom stereocenters. The van der Waals surface area contributed by atoms with Gasteiger partial charge in [-0.2, -0.15) is 0 Å². The van der Waals surface area contributed by atoms with Crippen LogP contribution in [0.15, 0.2) is 42.5 Å². The summed E-state index contributed by atoms with van der Waals surface area (Å²) in [5, 5.41) is 2.83. The summed E-state index contributed by atoms with van der Waals surface area (Å²) in [5.41, 5.74) is 1.87. The van der Waals surface area contributed by atoms with Crippen LogP contribution in [0.2, 0.25) is 0 Å². The maximum Gasteiger partial charge on any atom is 0.224 e. The summed E-state index contributed by atoms with van der Waals surface area (Å²) in [4.78, 5) is 26.7. The van der Waals surface area contributed by atoms with Crippen LogP contribution >= 0.6 is 0 Å². The van der Waals surface area contributed by atoms with E-state index in [4.69, 9.17) is 0 Å². The van der Waals surface area contributed by atoms with Crippen molar-refractivity contribution in [3.05, 3.63) is 65.2 Å². The van der Waals surface area contributed by atoms with E-state index in [1.165, 1.54) is 18.2 Å². The molecule has 0 radical (unpaired) electrons. The first-order valence-corrected chi connectivity index (χ1v) is 10.5. The molecular formula is C24H28F2N2O2. The number of aryl methyl sites for hydroxylation is 2. The zero-order valence-electron chi connectivity index (χ0n) is 17.3. The number of hydrogen-bond donors (Lipinski definition) is 1. The van der Waals surface area contributed by atoms with E-state index < -0.39 is 0 Å². The fourth-order valence-electron chi connectivity index (χ4n) is 3.94. The van der Waals surface area contributed by atoms with Crippen LogP contribution in [0, 0.1) is 24.5 Å². The minimum absolute atomic E-state index is 0.0364. The molecule has 0 unspecified atom stereocenters. The van der Waals surface area contributed by atoms with Gasteiger partial charge in [0.05, 0.1) is 0 Å². The molecule has 2 aromatic carbocycles. The number of nitrogens with zero attached hydrogens (tertiary/aromatic N) is 1. The molecule has 0 saturated carbocycles. The molecule has 0 bridgehead atoms. The van der Waals surface area contributed by atoms with Gasteiger partial charge in [-0.1, -0.05) is 18.2 Å². The molecule has 0 spiro atoms. The summed E-state index contributed by atoms with van der Waals surface area (Å²) in [6, 6.07) is 10.8. The molecule has 1 aliphatic heterocycles. The van der Waals surface area contributed by atoms with Gasteiger partial charge in [-0.25, -0.2) is 8.78 Å². The summed E-state index contributed by atoms with van der Waals surface area (Å²) in [5.74, 6) is -0.394. The Morgan fingerprint density at radius 3 is 2.70 bits per heavy atom. The lowest BCUT2D eigenvalue weighted by molar-refractivity contribution is -0.133. The van der Waals surface area contributed by atoms with E-state index in [-0.39, 0.29) is 35.8 Å². The number of piperidine rings is 1. The first-order chi connectivity index (χ1) is 14.4. The second kappa shape index (κ2) is 10.3. The van der Waals surface area contributed by atoms with Crippen molar-refractivity contribution in [2.75, 3.05) is 18.4 Å². The second-order valence-electron chi connectivity index (χ2n) is 7.99. The highest BCUT2D eigenvalue weighted by Crippen LogP contribution is 2.23. The zero-order valence-corrected chi connectivity index (χ0v) is 17.3. The molecule has 1 aliphatic rings. The van der Waals surface area contributed by atoms with E-state index in [9.17, 15) is 18.4 Å². The van der Waals surface area contributed by atoms with Gasteiger partial charge in [0.2, 0.25) is 11.8 Å². The molecule has 0 aliphatic carbocycles. The number of nitrogens with one attached hydrogen (secondary N) is 1. The first-order valence-electron chi connectivity index (χ1n) is 10.5. The van der Waals surface area contributed by atoms with Crippen LogP contribution < -0.4 is 5.32 Å². The van der Waals surface area contributed by atoms with Gasteiger partial charge in [0.15, 0.2) is 0 Å². The number of hydrogen-bond acceptors (Lipinski definition) is 2. The van der Waals surface area contributed by atoms with Crippen LogP contribution in [0.4, 0.5) is 14.5 Å². The summed E-state index contributed by atoms with van der Waals surface area (Å²) in [6.07, 6.45) is 3.64. The highest BCUT2D eigenvalue weighted by atomic mass is 19.1. The third-order valence-corrected chi connectivity index (χ3v) is 5.68. The third-order valence-electron chi connectivity index (χ3n) is 5.68. The number of amides is 2. The summed E-state index contributed by atoms with van der Waals surface area (Å²) in [7, 11) is 0. The number of carbonyl (C=O) groups excluding carboxylic acids is 2. The molecule has 2 amide bonds.